The lowest BCUT2D eigenvalue weighted by Crippen LogP contribution is -2.50. The molecule has 1 aromatic rings. The molecule has 3 rings (SSSR count). The Labute approximate surface area is 112 Å². The Bertz CT molecular complexity index is 593. The van der Waals surface area contributed by atoms with E-state index in [9.17, 15) is 13.2 Å². The van der Waals surface area contributed by atoms with Crippen molar-refractivity contribution in [3.05, 3.63) is 30.3 Å². The van der Waals surface area contributed by atoms with Gasteiger partial charge < -0.3 is 4.74 Å². The third-order valence-electron chi connectivity index (χ3n) is 4.30. The molecular formula is C14H16O4S. The number of fused-ring (bicyclic) bond motifs is 1. The highest BCUT2D eigenvalue weighted by Crippen LogP contribution is 2.47. The Kier molecular flexibility index (Phi) is 2.89. The Balaban J connectivity index is 2.15. The molecule has 2 atom stereocenters. The van der Waals surface area contributed by atoms with Crippen molar-refractivity contribution >= 4 is 15.8 Å². The van der Waals surface area contributed by atoms with Crippen LogP contribution in [0.25, 0.3) is 0 Å². The molecule has 0 N–H and O–H groups in total. The predicted octanol–water partition coefficient (Wildman–Crippen LogP) is 1.95. The smallest absolute Gasteiger partial charge is 0.328 e. The summed E-state index contributed by atoms with van der Waals surface area (Å²) in [7, 11) is -3.68. The maximum atomic E-state index is 12.9. The van der Waals surface area contributed by atoms with Gasteiger partial charge in [-0.2, -0.15) is 0 Å². The highest BCUT2D eigenvalue weighted by molar-refractivity contribution is 7.93. The SMILES string of the molecule is O=C1OC[C@@H]2CCCC[C@]12S(=O)(=O)c1ccccc1. The highest BCUT2D eigenvalue weighted by atomic mass is 32.2. The van der Waals surface area contributed by atoms with Crippen LogP contribution in [0.4, 0.5) is 0 Å². The van der Waals surface area contributed by atoms with Crippen molar-refractivity contribution in [2.75, 3.05) is 6.61 Å². The zero-order valence-corrected chi connectivity index (χ0v) is 11.4. The first-order chi connectivity index (χ1) is 9.09. The molecule has 0 unspecified atom stereocenters. The second-order valence-electron chi connectivity index (χ2n) is 5.25. The lowest BCUT2D eigenvalue weighted by Gasteiger charge is -2.34. The van der Waals surface area contributed by atoms with Crippen molar-refractivity contribution in [2.24, 2.45) is 5.92 Å². The molecule has 4 nitrogen and oxygen atoms in total. The monoisotopic (exact) mass is 280 g/mol. The van der Waals surface area contributed by atoms with Crippen LogP contribution in [-0.4, -0.2) is 25.7 Å². The van der Waals surface area contributed by atoms with Gasteiger partial charge in [0.2, 0.25) is 0 Å². The molecule has 1 saturated heterocycles. The van der Waals surface area contributed by atoms with Gasteiger partial charge in [-0.1, -0.05) is 31.0 Å². The number of esters is 1. The minimum absolute atomic E-state index is 0.195. The van der Waals surface area contributed by atoms with Crippen LogP contribution in [0.5, 0.6) is 0 Å². The first kappa shape index (κ1) is 12.7. The molecule has 0 radical (unpaired) electrons. The maximum absolute atomic E-state index is 12.9. The summed E-state index contributed by atoms with van der Waals surface area (Å²) < 4.78 is 29.6. The molecular weight excluding hydrogens is 264 g/mol. The van der Waals surface area contributed by atoms with E-state index in [2.05, 4.69) is 0 Å². The minimum atomic E-state index is -3.68. The van der Waals surface area contributed by atoms with Gasteiger partial charge in [0.25, 0.3) is 0 Å². The molecule has 5 heteroatoms. The van der Waals surface area contributed by atoms with Gasteiger partial charge in [0.05, 0.1) is 11.5 Å². The van der Waals surface area contributed by atoms with E-state index < -0.39 is 20.6 Å². The quantitative estimate of drug-likeness (QED) is 0.777. The molecule has 1 heterocycles. The summed E-state index contributed by atoms with van der Waals surface area (Å²) in [5.41, 5.74) is 0. The number of sulfone groups is 1. The average molecular weight is 280 g/mol. The summed E-state index contributed by atoms with van der Waals surface area (Å²) in [6.45, 7) is 0.241. The van der Waals surface area contributed by atoms with E-state index >= 15 is 0 Å². The van der Waals surface area contributed by atoms with Crippen LogP contribution < -0.4 is 0 Å². The molecule has 19 heavy (non-hydrogen) atoms. The summed E-state index contributed by atoms with van der Waals surface area (Å²) in [6.07, 6.45) is 2.86. The van der Waals surface area contributed by atoms with E-state index in [0.717, 1.165) is 19.3 Å². The molecule has 2 fully saturated rings. The van der Waals surface area contributed by atoms with Gasteiger partial charge in [-0.25, -0.2) is 8.42 Å². The summed E-state index contributed by atoms with van der Waals surface area (Å²) >= 11 is 0. The van der Waals surface area contributed by atoms with Crippen LogP contribution >= 0.6 is 0 Å². The van der Waals surface area contributed by atoms with Crippen molar-refractivity contribution in [3.8, 4) is 0 Å². The fourth-order valence-corrected chi connectivity index (χ4v) is 5.53. The van der Waals surface area contributed by atoms with Crippen molar-refractivity contribution in [1.29, 1.82) is 0 Å². The molecule has 1 saturated carbocycles. The summed E-state index contributed by atoms with van der Waals surface area (Å²) in [4.78, 5) is 12.4. The zero-order chi connectivity index (χ0) is 13.5. The summed E-state index contributed by atoms with van der Waals surface area (Å²) in [5, 5.41) is 0. The molecule has 2 aliphatic rings. The van der Waals surface area contributed by atoms with Gasteiger partial charge in [0.15, 0.2) is 14.6 Å². The Morgan fingerprint density at radius 2 is 1.89 bits per heavy atom. The topological polar surface area (TPSA) is 60.4 Å². The number of ether oxygens (including phenoxy) is 1. The van der Waals surface area contributed by atoms with Crippen molar-refractivity contribution in [1.82, 2.24) is 0 Å². The lowest BCUT2D eigenvalue weighted by molar-refractivity contribution is -0.140. The van der Waals surface area contributed by atoms with Crippen LogP contribution in [0.1, 0.15) is 25.7 Å². The molecule has 1 aliphatic carbocycles. The second kappa shape index (κ2) is 4.34. The lowest BCUT2D eigenvalue weighted by atomic mass is 9.80. The Morgan fingerprint density at radius 3 is 2.63 bits per heavy atom. The molecule has 1 aliphatic heterocycles. The van der Waals surface area contributed by atoms with Gasteiger partial charge in [-0.3, -0.25) is 4.79 Å². The molecule has 1 aromatic carbocycles. The fourth-order valence-electron chi connectivity index (χ4n) is 3.27. The van der Waals surface area contributed by atoms with Gasteiger partial charge in [0.1, 0.15) is 0 Å². The standard InChI is InChI=1S/C14H16O4S/c15-13-14(9-5-4-6-11(14)10-18-13)19(16,17)12-7-2-1-3-8-12/h1-3,7-8,11H,4-6,9-10H2/t11-,14+/m0/s1. The van der Waals surface area contributed by atoms with E-state index in [1.807, 2.05) is 0 Å². The number of hydrogen-bond donors (Lipinski definition) is 0. The Morgan fingerprint density at radius 1 is 1.16 bits per heavy atom. The van der Waals surface area contributed by atoms with Crippen LogP contribution in [0.2, 0.25) is 0 Å². The number of cyclic esters (lactones) is 1. The number of carbonyl (C=O) groups is 1. The molecule has 0 bridgehead atoms. The van der Waals surface area contributed by atoms with E-state index in [0.29, 0.717) is 6.42 Å². The number of hydrogen-bond acceptors (Lipinski definition) is 4. The second-order valence-corrected chi connectivity index (χ2v) is 7.45. The molecule has 102 valence electrons. The molecule has 0 aromatic heterocycles. The maximum Gasteiger partial charge on any atom is 0.328 e. The number of benzene rings is 1. The Hall–Kier alpha value is -1.36. The van der Waals surface area contributed by atoms with E-state index in [1.54, 1.807) is 30.3 Å². The normalized spacial score (nSPS) is 30.7. The summed E-state index contributed by atoms with van der Waals surface area (Å²) in [6, 6.07) is 8.24. The predicted molar refractivity (Wildman–Crippen MR) is 69.3 cm³/mol. The van der Waals surface area contributed by atoms with Crippen molar-refractivity contribution in [3.63, 3.8) is 0 Å². The number of carbonyl (C=O) groups excluding carboxylic acids is 1. The van der Waals surface area contributed by atoms with Crippen LogP contribution in [0, 0.1) is 5.92 Å². The number of rotatable bonds is 2. The third kappa shape index (κ3) is 1.64. The van der Waals surface area contributed by atoms with Crippen LogP contribution in [0.3, 0.4) is 0 Å². The van der Waals surface area contributed by atoms with E-state index in [4.69, 9.17) is 4.74 Å². The first-order valence-corrected chi connectivity index (χ1v) is 8.04. The minimum Gasteiger partial charge on any atom is -0.464 e. The van der Waals surface area contributed by atoms with Gasteiger partial charge in [-0.15, -0.1) is 0 Å². The molecule has 0 amide bonds. The first-order valence-electron chi connectivity index (χ1n) is 6.56. The van der Waals surface area contributed by atoms with E-state index in [-0.39, 0.29) is 17.4 Å². The molecule has 0 spiro atoms. The fraction of sp³-hybridized carbons (Fsp3) is 0.500. The van der Waals surface area contributed by atoms with Crippen LogP contribution in [-0.2, 0) is 19.4 Å². The zero-order valence-electron chi connectivity index (χ0n) is 10.5. The van der Waals surface area contributed by atoms with E-state index in [1.165, 1.54) is 0 Å². The van der Waals surface area contributed by atoms with Gasteiger partial charge in [0, 0.05) is 5.92 Å². The van der Waals surface area contributed by atoms with Gasteiger partial charge in [-0.05, 0) is 25.0 Å². The summed E-state index contributed by atoms with van der Waals surface area (Å²) in [5.74, 6) is -0.750. The van der Waals surface area contributed by atoms with Crippen molar-refractivity contribution in [2.45, 2.75) is 35.3 Å². The van der Waals surface area contributed by atoms with Crippen LogP contribution in [0.15, 0.2) is 35.2 Å². The largest absolute Gasteiger partial charge is 0.464 e. The third-order valence-corrected chi connectivity index (χ3v) is 6.86. The van der Waals surface area contributed by atoms with Crippen molar-refractivity contribution < 1.29 is 17.9 Å². The van der Waals surface area contributed by atoms with Gasteiger partial charge >= 0.3 is 5.97 Å². The highest BCUT2D eigenvalue weighted by Gasteiger charge is 2.62. The average Bonchev–Trinajstić information content (AvgIpc) is 2.79.